The normalized spacial score (nSPS) is 15.4. The predicted molar refractivity (Wildman–Crippen MR) is 113 cm³/mol. The van der Waals surface area contributed by atoms with Crippen molar-refractivity contribution in [1.82, 2.24) is 14.3 Å². The van der Waals surface area contributed by atoms with Crippen molar-refractivity contribution in [2.45, 2.75) is 70.9 Å². The van der Waals surface area contributed by atoms with Crippen molar-refractivity contribution in [3.8, 4) is 0 Å². The lowest BCUT2D eigenvalue weighted by Gasteiger charge is -2.26. The van der Waals surface area contributed by atoms with E-state index in [1.54, 1.807) is 0 Å². The van der Waals surface area contributed by atoms with Gasteiger partial charge < -0.3 is 13.9 Å². The largest absolute Gasteiger partial charge is 0.598 e. The minimum absolute atomic E-state index is 0.00406. The molecule has 0 aliphatic heterocycles. The Balaban J connectivity index is 2.07. The molecule has 1 aromatic heterocycles. The van der Waals surface area contributed by atoms with Crippen LogP contribution < -0.4 is 4.72 Å². The first-order chi connectivity index (χ1) is 12.0. The Morgan fingerprint density at radius 2 is 2.00 bits per heavy atom. The average Bonchev–Trinajstić information content (AvgIpc) is 2.92. The molecule has 2 atom stereocenters. The average molecular weight is 396 g/mol. The maximum atomic E-state index is 12.3. The molecular weight excluding hydrogens is 362 g/mol. The highest BCUT2D eigenvalue weighted by atomic mass is 32.2. The monoisotopic (exact) mass is 395 g/mol. The molecule has 26 heavy (non-hydrogen) atoms. The Morgan fingerprint density at radius 1 is 1.31 bits per heavy atom. The van der Waals surface area contributed by atoms with Crippen molar-refractivity contribution in [3.63, 3.8) is 0 Å². The Hall–Kier alpha value is -0.863. The molecule has 0 fully saturated rings. The number of nitrogens with zero attached hydrogens (tertiary/aromatic N) is 2. The molecule has 5 nitrogen and oxygen atoms in total. The number of hydrogen-bond donors (Lipinski definition) is 1. The number of imidazole rings is 1. The van der Waals surface area contributed by atoms with Crippen molar-refractivity contribution in [1.29, 1.82) is 0 Å². The van der Waals surface area contributed by atoms with E-state index in [0.717, 1.165) is 29.2 Å². The summed E-state index contributed by atoms with van der Waals surface area (Å²) in [6.45, 7) is 16.3. The zero-order valence-electron chi connectivity index (χ0n) is 17.1. The second-order valence-corrected chi connectivity index (χ2v) is 16.7. The van der Waals surface area contributed by atoms with E-state index in [4.69, 9.17) is 4.74 Å². The predicted octanol–water partition coefficient (Wildman–Crippen LogP) is 4.46. The first kappa shape index (κ1) is 21.4. The van der Waals surface area contributed by atoms with Crippen LogP contribution in [0.15, 0.2) is 24.5 Å². The summed E-state index contributed by atoms with van der Waals surface area (Å²) in [5.41, 5.74) is 3.09. The molecule has 0 aliphatic rings. The van der Waals surface area contributed by atoms with E-state index in [2.05, 4.69) is 35.4 Å². The maximum absolute atomic E-state index is 12.3. The molecule has 0 saturated heterocycles. The molecule has 146 valence electrons. The second-order valence-electron chi connectivity index (χ2n) is 9.03. The van der Waals surface area contributed by atoms with Crippen LogP contribution in [0, 0.1) is 0 Å². The van der Waals surface area contributed by atoms with Gasteiger partial charge in [-0.1, -0.05) is 25.7 Å². The van der Waals surface area contributed by atoms with Crippen molar-refractivity contribution in [2.24, 2.45) is 0 Å². The maximum Gasteiger partial charge on any atom is 0.136 e. The molecule has 0 amide bonds. The fourth-order valence-electron chi connectivity index (χ4n) is 2.39. The summed E-state index contributed by atoms with van der Waals surface area (Å²) >= 11 is -1.11. The van der Waals surface area contributed by atoms with Gasteiger partial charge in [0.05, 0.1) is 23.4 Å². The van der Waals surface area contributed by atoms with Gasteiger partial charge in [-0.05, 0) is 51.4 Å². The molecule has 1 N–H and O–H groups in total. The lowest BCUT2D eigenvalue weighted by molar-refractivity contribution is 0.0898. The van der Waals surface area contributed by atoms with Gasteiger partial charge in [0.1, 0.15) is 11.5 Å². The molecule has 0 bridgehead atoms. The molecule has 1 unspecified atom stereocenters. The van der Waals surface area contributed by atoms with Crippen LogP contribution in [-0.2, 0) is 22.8 Å². The second kappa shape index (κ2) is 8.44. The smallest absolute Gasteiger partial charge is 0.136 e. The molecule has 0 radical (unpaired) electrons. The fraction of sp³-hybridized carbons (Fsp3) is 0.632. The fourth-order valence-corrected chi connectivity index (χ4v) is 3.96. The van der Waals surface area contributed by atoms with E-state index in [0.29, 0.717) is 6.73 Å². The van der Waals surface area contributed by atoms with Crippen molar-refractivity contribution in [3.05, 3.63) is 30.1 Å². The van der Waals surface area contributed by atoms with E-state index in [1.165, 1.54) is 0 Å². The van der Waals surface area contributed by atoms with E-state index in [-0.39, 0.29) is 10.8 Å². The van der Waals surface area contributed by atoms with Gasteiger partial charge in [-0.15, -0.1) is 4.72 Å². The topological polar surface area (TPSA) is 62.1 Å². The number of nitrogens with one attached hydrogen (secondary N) is 1. The number of fused-ring (bicyclic) bond motifs is 1. The molecule has 0 aliphatic carbocycles. The number of aromatic nitrogens is 2. The molecule has 2 rings (SSSR count). The van der Waals surface area contributed by atoms with Gasteiger partial charge in [-0.25, -0.2) is 4.98 Å². The number of hydrogen-bond acceptors (Lipinski definition) is 4. The number of rotatable bonds is 8. The highest BCUT2D eigenvalue weighted by molar-refractivity contribution is 7.90. The lowest BCUT2D eigenvalue weighted by atomic mass is 10.1. The van der Waals surface area contributed by atoms with Gasteiger partial charge in [-0.2, -0.15) is 0 Å². The Morgan fingerprint density at radius 3 is 2.62 bits per heavy atom. The summed E-state index contributed by atoms with van der Waals surface area (Å²) in [5.74, 6) is 0. The third kappa shape index (κ3) is 6.09. The summed E-state index contributed by atoms with van der Waals surface area (Å²) in [4.78, 5) is 4.46. The molecule has 1 aromatic carbocycles. The first-order valence-corrected chi connectivity index (χ1v) is 14.0. The molecule has 7 heteroatoms. The third-order valence-electron chi connectivity index (χ3n) is 4.21. The van der Waals surface area contributed by atoms with Gasteiger partial charge in [-0.3, -0.25) is 0 Å². The summed E-state index contributed by atoms with van der Waals surface area (Å²) in [6, 6.07) is 7.33. The van der Waals surface area contributed by atoms with Gasteiger partial charge in [0.2, 0.25) is 0 Å². The Bertz CT molecular complexity index is 722. The van der Waals surface area contributed by atoms with Crippen LogP contribution in [0.4, 0.5) is 0 Å². The Labute approximate surface area is 161 Å². The lowest BCUT2D eigenvalue weighted by Crippen LogP contribution is -2.40. The SMILES string of the molecule is C[C@@H](N[S+]([O-])C(C)(C)C)c1ccc2ncn(COCC[Si](C)(C)C)c2c1. The van der Waals surface area contributed by atoms with E-state index >= 15 is 0 Å². The van der Waals surface area contributed by atoms with Crippen LogP contribution in [-0.4, -0.2) is 33.5 Å². The van der Waals surface area contributed by atoms with Gasteiger partial charge in [0, 0.05) is 26.0 Å². The molecular formula is C19H33N3O2SSi. The van der Waals surface area contributed by atoms with Crippen LogP contribution in [0.1, 0.15) is 39.3 Å². The van der Waals surface area contributed by atoms with Crippen molar-refractivity contribution >= 4 is 30.5 Å². The highest BCUT2D eigenvalue weighted by Gasteiger charge is 2.28. The van der Waals surface area contributed by atoms with Crippen LogP contribution in [0.2, 0.25) is 25.7 Å². The number of benzene rings is 1. The molecule has 0 saturated carbocycles. The van der Waals surface area contributed by atoms with Crippen LogP contribution in [0.25, 0.3) is 11.0 Å². The number of ether oxygens (including phenoxy) is 1. The minimum atomic E-state index is -1.11. The van der Waals surface area contributed by atoms with Crippen molar-refractivity contribution in [2.75, 3.05) is 6.61 Å². The van der Waals surface area contributed by atoms with E-state index in [9.17, 15) is 4.55 Å². The van der Waals surface area contributed by atoms with Crippen LogP contribution in [0.5, 0.6) is 0 Å². The Kier molecular flexibility index (Phi) is 6.96. The molecule has 2 aromatic rings. The zero-order chi connectivity index (χ0) is 19.5. The summed E-state index contributed by atoms with van der Waals surface area (Å²) in [5, 5.41) is 0. The zero-order valence-corrected chi connectivity index (χ0v) is 18.9. The minimum Gasteiger partial charge on any atom is -0.598 e. The summed E-state index contributed by atoms with van der Waals surface area (Å²) in [6.07, 6.45) is 1.83. The van der Waals surface area contributed by atoms with Crippen molar-refractivity contribution < 1.29 is 9.29 Å². The van der Waals surface area contributed by atoms with Gasteiger partial charge in [0.25, 0.3) is 0 Å². The highest BCUT2D eigenvalue weighted by Crippen LogP contribution is 2.23. The first-order valence-electron chi connectivity index (χ1n) is 9.18. The molecule has 1 heterocycles. The third-order valence-corrected chi connectivity index (χ3v) is 7.60. The van der Waals surface area contributed by atoms with Crippen LogP contribution in [0.3, 0.4) is 0 Å². The van der Waals surface area contributed by atoms with Gasteiger partial charge in [0.15, 0.2) is 0 Å². The van der Waals surface area contributed by atoms with E-state index in [1.807, 2.05) is 50.7 Å². The quantitative estimate of drug-likeness (QED) is 0.407. The standard InChI is InChI=1S/C19H33N3O2SSi/c1-15(21-25(23)19(2,3)4)16-8-9-17-18(12-16)22(13-20-17)14-24-10-11-26(5,6)7/h8-9,12-13,15,21H,10-11,14H2,1-7H3/t15-,25?/m1/s1. The molecule has 0 spiro atoms. The summed E-state index contributed by atoms with van der Waals surface area (Å²) in [7, 11) is -1.08. The summed E-state index contributed by atoms with van der Waals surface area (Å²) < 4.78 is 23.2. The van der Waals surface area contributed by atoms with Gasteiger partial charge >= 0.3 is 0 Å². The van der Waals surface area contributed by atoms with E-state index < -0.39 is 19.4 Å². The van der Waals surface area contributed by atoms with Crippen LogP contribution >= 0.6 is 0 Å².